The van der Waals surface area contributed by atoms with Gasteiger partial charge in [-0.2, -0.15) is 5.10 Å². The molecule has 1 atom stereocenters. The number of nitrogens with zero attached hydrogens (tertiary/aromatic N) is 3. The second kappa shape index (κ2) is 8.01. The van der Waals surface area contributed by atoms with E-state index in [0.29, 0.717) is 12.1 Å². The fourth-order valence-electron chi connectivity index (χ4n) is 1.84. The van der Waals surface area contributed by atoms with Gasteiger partial charge >= 0.3 is 0 Å². The summed E-state index contributed by atoms with van der Waals surface area (Å²) in [6, 6.07) is -0.181. The number of aromatic nitrogens is 2. The predicted molar refractivity (Wildman–Crippen MR) is 81.6 cm³/mol. The second-order valence-electron chi connectivity index (χ2n) is 5.70. The molecule has 0 radical (unpaired) electrons. The number of amides is 1. The molecule has 0 aliphatic heterocycles. The Morgan fingerprint density at radius 3 is 2.70 bits per heavy atom. The Labute approximate surface area is 121 Å². The van der Waals surface area contributed by atoms with Gasteiger partial charge in [0.25, 0.3) is 0 Å². The van der Waals surface area contributed by atoms with E-state index in [-0.39, 0.29) is 11.9 Å². The molecule has 6 nitrogen and oxygen atoms in total. The molecule has 1 rings (SSSR count). The van der Waals surface area contributed by atoms with Crippen LogP contribution in [0.4, 0.5) is 5.69 Å². The first-order valence-electron chi connectivity index (χ1n) is 7.15. The molecule has 0 fully saturated rings. The molecule has 0 aliphatic carbocycles. The number of hydrogen-bond acceptors (Lipinski definition) is 4. The fourth-order valence-corrected chi connectivity index (χ4v) is 1.84. The molecule has 0 saturated carbocycles. The van der Waals surface area contributed by atoms with Gasteiger partial charge in [-0.1, -0.05) is 6.42 Å². The van der Waals surface area contributed by atoms with Gasteiger partial charge < -0.3 is 16.0 Å². The quantitative estimate of drug-likeness (QED) is 0.707. The van der Waals surface area contributed by atoms with Crippen molar-refractivity contribution < 1.29 is 4.79 Å². The summed E-state index contributed by atoms with van der Waals surface area (Å²) in [5.41, 5.74) is 6.60. The SMILES string of the molecule is CC(C)n1cc(NC(=O)[C@@H](N)CCCCN(C)C)cn1. The van der Waals surface area contributed by atoms with Crippen LogP contribution in [-0.4, -0.2) is 47.3 Å². The minimum Gasteiger partial charge on any atom is -0.322 e. The maximum absolute atomic E-state index is 11.9. The molecule has 114 valence electrons. The Balaban J connectivity index is 2.33. The molecule has 0 saturated heterocycles. The molecule has 0 aliphatic rings. The van der Waals surface area contributed by atoms with Gasteiger partial charge in [-0.15, -0.1) is 0 Å². The third kappa shape index (κ3) is 5.71. The number of carbonyl (C=O) groups is 1. The Kier molecular flexibility index (Phi) is 6.67. The lowest BCUT2D eigenvalue weighted by Crippen LogP contribution is -2.35. The summed E-state index contributed by atoms with van der Waals surface area (Å²) in [6.07, 6.45) is 6.19. The van der Waals surface area contributed by atoms with Crippen molar-refractivity contribution in [1.29, 1.82) is 0 Å². The van der Waals surface area contributed by atoms with Gasteiger partial charge in [0.05, 0.1) is 17.9 Å². The Bertz CT molecular complexity index is 413. The van der Waals surface area contributed by atoms with Gasteiger partial charge in [0.15, 0.2) is 0 Å². The molecule has 0 spiro atoms. The largest absolute Gasteiger partial charge is 0.322 e. The third-order valence-electron chi connectivity index (χ3n) is 3.11. The summed E-state index contributed by atoms with van der Waals surface area (Å²) < 4.78 is 1.80. The highest BCUT2D eigenvalue weighted by molar-refractivity contribution is 5.94. The van der Waals surface area contributed by atoms with Crippen molar-refractivity contribution in [3.63, 3.8) is 0 Å². The van der Waals surface area contributed by atoms with Crippen LogP contribution in [0.5, 0.6) is 0 Å². The van der Waals surface area contributed by atoms with Crippen molar-refractivity contribution in [2.24, 2.45) is 5.73 Å². The zero-order valence-corrected chi connectivity index (χ0v) is 13.0. The molecule has 1 heterocycles. The Morgan fingerprint density at radius 2 is 2.15 bits per heavy atom. The summed E-state index contributed by atoms with van der Waals surface area (Å²) in [4.78, 5) is 14.1. The topological polar surface area (TPSA) is 76.2 Å². The number of nitrogens with two attached hydrogens (primary N) is 1. The van der Waals surface area contributed by atoms with Crippen LogP contribution in [0.15, 0.2) is 12.4 Å². The van der Waals surface area contributed by atoms with Crippen LogP contribution >= 0.6 is 0 Å². The Morgan fingerprint density at radius 1 is 1.45 bits per heavy atom. The van der Waals surface area contributed by atoms with Crippen molar-refractivity contribution >= 4 is 11.6 Å². The first-order chi connectivity index (χ1) is 9.40. The van der Waals surface area contributed by atoms with Crippen molar-refractivity contribution in [2.75, 3.05) is 26.0 Å². The van der Waals surface area contributed by atoms with E-state index in [2.05, 4.69) is 15.3 Å². The van der Waals surface area contributed by atoms with Crippen molar-refractivity contribution in [1.82, 2.24) is 14.7 Å². The molecule has 1 aromatic rings. The molecular formula is C14H27N5O. The lowest BCUT2D eigenvalue weighted by atomic mass is 10.1. The zero-order chi connectivity index (χ0) is 15.1. The molecule has 0 bridgehead atoms. The van der Waals surface area contributed by atoms with E-state index < -0.39 is 6.04 Å². The number of nitrogens with one attached hydrogen (secondary N) is 1. The molecular weight excluding hydrogens is 254 g/mol. The number of unbranched alkanes of at least 4 members (excludes halogenated alkanes) is 1. The average molecular weight is 281 g/mol. The number of anilines is 1. The van der Waals surface area contributed by atoms with E-state index in [0.717, 1.165) is 19.4 Å². The van der Waals surface area contributed by atoms with Crippen LogP contribution in [0.3, 0.4) is 0 Å². The summed E-state index contributed by atoms with van der Waals surface area (Å²) in [7, 11) is 4.08. The van der Waals surface area contributed by atoms with Gasteiger partial charge in [0.1, 0.15) is 0 Å². The van der Waals surface area contributed by atoms with E-state index >= 15 is 0 Å². The van der Waals surface area contributed by atoms with E-state index in [1.54, 1.807) is 10.9 Å². The van der Waals surface area contributed by atoms with Gasteiger partial charge in [-0.25, -0.2) is 0 Å². The smallest absolute Gasteiger partial charge is 0.241 e. The van der Waals surface area contributed by atoms with Crippen LogP contribution in [0.25, 0.3) is 0 Å². The molecule has 20 heavy (non-hydrogen) atoms. The summed E-state index contributed by atoms with van der Waals surface area (Å²) >= 11 is 0. The fraction of sp³-hybridized carbons (Fsp3) is 0.714. The highest BCUT2D eigenvalue weighted by Crippen LogP contribution is 2.10. The van der Waals surface area contributed by atoms with E-state index in [1.807, 2.05) is 34.1 Å². The molecule has 6 heteroatoms. The lowest BCUT2D eigenvalue weighted by molar-refractivity contribution is -0.117. The van der Waals surface area contributed by atoms with E-state index in [9.17, 15) is 4.79 Å². The highest BCUT2D eigenvalue weighted by Gasteiger charge is 2.14. The van der Waals surface area contributed by atoms with E-state index in [4.69, 9.17) is 5.73 Å². The molecule has 0 unspecified atom stereocenters. The van der Waals surface area contributed by atoms with Gasteiger partial charge in [-0.05, 0) is 47.3 Å². The predicted octanol–water partition coefficient (Wildman–Crippen LogP) is 1.46. The maximum Gasteiger partial charge on any atom is 0.241 e. The molecule has 0 aromatic carbocycles. The molecule has 3 N–H and O–H groups in total. The number of carbonyl (C=O) groups excluding carboxylic acids is 1. The molecule has 1 amide bonds. The van der Waals surface area contributed by atoms with Gasteiger partial charge in [-0.3, -0.25) is 9.48 Å². The minimum atomic E-state index is -0.459. The summed E-state index contributed by atoms with van der Waals surface area (Å²) in [5.74, 6) is -0.141. The molecule has 1 aromatic heterocycles. The van der Waals surface area contributed by atoms with E-state index in [1.165, 1.54) is 0 Å². The van der Waals surface area contributed by atoms with Crippen LogP contribution in [0.2, 0.25) is 0 Å². The van der Waals surface area contributed by atoms with Crippen LogP contribution in [0, 0.1) is 0 Å². The second-order valence-corrected chi connectivity index (χ2v) is 5.70. The first-order valence-corrected chi connectivity index (χ1v) is 7.15. The first kappa shape index (κ1) is 16.7. The maximum atomic E-state index is 11.9. The van der Waals surface area contributed by atoms with Crippen molar-refractivity contribution in [3.8, 4) is 0 Å². The summed E-state index contributed by atoms with van der Waals surface area (Å²) in [6.45, 7) is 5.10. The van der Waals surface area contributed by atoms with Crippen molar-refractivity contribution in [3.05, 3.63) is 12.4 Å². The summed E-state index contributed by atoms with van der Waals surface area (Å²) in [5, 5.41) is 6.99. The zero-order valence-electron chi connectivity index (χ0n) is 13.0. The lowest BCUT2D eigenvalue weighted by Gasteiger charge is -2.12. The Hall–Kier alpha value is -1.40. The monoisotopic (exact) mass is 281 g/mol. The standard InChI is InChI=1S/C14H27N5O/c1-11(2)19-10-12(9-16-19)17-14(20)13(15)7-5-6-8-18(3)4/h9-11,13H,5-8,15H2,1-4H3,(H,17,20)/t13-/m0/s1. The third-order valence-corrected chi connectivity index (χ3v) is 3.11. The minimum absolute atomic E-state index is 0.141. The number of rotatable bonds is 8. The van der Waals surface area contributed by atoms with Crippen LogP contribution in [0.1, 0.15) is 39.2 Å². The van der Waals surface area contributed by atoms with Gasteiger partial charge in [0, 0.05) is 12.2 Å². The number of hydrogen-bond donors (Lipinski definition) is 2. The normalized spacial score (nSPS) is 12.9. The van der Waals surface area contributed by atoms with Crippen LogP contribution in [-0.2, 0) is 4.79 Å². The highest BCUT2D eigenvalue weighted by atomic mass is 16.2. The average Bonchev–Trinajstić information content (AvgIpc) is 2.82. The van der Waals surface area contributed by atoms with Crippen molar-refractivity contribution in [2.45, 2.75) is 45.2 Å². The van der Waals surface area contributed by atoms with Gasteiger partial charge in [0.2, 0.25) is 5.91 Å². The van der Waals surface area contributed by atoms with Crippen LogP contribution < -0.4 is 11.1 Å².